The second kappa shape index (κ2) is 3.23. The topological polar surface area (TPSA) is 49.3 Å². The van der Waals surface area contributed by atoms with Crippen LogP contribution in [-0.2, 0) is 4.79 Å². The van der Waals surface area contributed by atoms with E-state index in [4.69, 9.17) is 0 Å². The number of nitrogens with one attached hydrogen (secondary N) is 1. The van der Waals surface area contributed by atoms with E-state index in [1.54, 1.807) is 13.8 Å². The molecule has 0 radical (unpaired) electrons. The fraction of sp³-hybridized carbons (Fsp3) is 0.909. The standard InChI is InChI=1S/C11H19NO2/c1-11(2,14)6-12-10(13)9-7-4-3-5-8(7)9/h7-9,14H,3-6H2,1-2H3,(H,12,13). The Morgan fingerprint density at radius 3 is 2.50 bits per heavy atom. The fourth-order valence-electron chi connectivity index (χ4n) is 2.63. The molecule has 2 rings (SSSR count). The molecule has 0 aromatic heterocycles. The summed E-state index contributed by atoms with van der Waals surface area (Å²) in [5.41, 5.74) is -0.792. The lowest BCUT2D eigenvalue weighted by Gasteiger charge is -2.17. The van der Waals surface area contributed by atoms with Gasteiger partial charge in [0.2, 0.25) is 5.91 Å². The predicted octanol–water partition coefficient (Wildman–Crippen LogP) is 0.920. The van der Waals surface area contributed by atoms with Crippen LogP contribution in [-0.4, -0.2) is 23.2 Å². The van der Waals surface area contributed by atoms with E-state index in [1.165, 1.54) is 19.3 Å². The zero-order valence-electron chi connectivity index (χ0n) is 8.92. The molecule has 0 aromatic rings. The van der Waals surface area contributed by atoms with E-state index in [1.807, 2.05) is 0 Å². The minimum absolute atomic E-state index is 0.154. The van der Waals surface area contributed by atoms with Crippen molar-refractivity contribution in [2.45, 2.75) is 38.7 Å². The Morgan fingerprint density at radius 1 is 1.43 bits per heavy atom. The summed E-state index contributed by atoms with van der Waals surface area (Å²) < 4.78 is 0. The van der Waals surface area contributed by atoms with Crippen molar-refractivity contribution in [1.29, 1.82) is 0 Å². The van der Waals surface area contributed by atoms with E-state index in [9.17, 15) is 9.90 Å². The second-order valence-corrected chi connectivity index (χ2v) is 5.31. The Bertz CT molecular complexity index is 234. The van der Waals surface area contributed by atoms with Crippen LogP contribution in [0.1, 0.15) is 33.1 Å². The van der Waals surface area contributed by atoms with E-state index < -0.39 is 5.60 Å². The molecule has 3 nitrogen and oxygen atoms in total. The highest BCUT2D eigenvalue weighted by Gasteiger charge is 2.56. The van der Waals surface area contributed by atoms with Gasteiger partial charge in [0.1, 0.15) is 0 Å². The summed E-state index contributed by atoms with van der Waals surface area (Å²) in [7, 11) is 0. The fourth-order valence-corrected chi connectivity index (χ4v) is 2.63. The van der Waals surface area contributed by atoms with Crippen LogP contribution in [0.3, 0.4) is 0 Å². The highest BCUT2D eigenvalue weighted by atomic mass is 16.3. The molecule has 0 aliphatic heterocycles. The molecule has 0 aromatic carbocycles. The van der Waals surface area contributed by atoms with Crippen LogP contribution < -0.4 is 5.32 Å². The minimum Gasteiger partial charge on any atom is -0.389 e. The number of carbonyl (C=O) groups is 1. The maximum Gasteiger partial charge on any atom is 0.223 e. The van der Waals surface area contributed by atoms with Gasteiger partial charge in [-0.05, 0) is 38.5 Å². The van der Waals surface area contributed by atoms with Gasteiger partial charge >= 0.3 is 0 Å². The number of fused-ring (bicyclic) bond motifs is 1. The highest BCUT2D eigenvalue weighted by molar-refractivity contribution is 5.82. The van der Waals surface area contributed by atoms with Crippen LogP contribution in [0.5, 0.6) is 0 Å². The lowest BCUT2D eigenvalue weighted by molar-refractivity contribution is -0.124. The van der Waals surface area contributed by atoms with Gasteiger partial charge < -0.3 is 10.4 Å². The van der Waals surface area contributed by atoms with E-state index in [0.29, 0.717) is 18.4 Å². The molecule has 2 aliphatic rings. The van der Waals surface area contributed by atoms with Gasteiger partial charge in [-0.2, -0.15) is 0 Å². The van der Waals surface area contributed by atoms with E-state index in [0.717, 1.165) is 0 Å². The monoisotopic (exact) mass is 197 g/mol. The summed E-state index contributed by atoms with van der Waals surface area (Å²) in [6.07, 6.45) is 3.75. The van der Waals surface area contributed by atoms with Crippen molar-refractivity contribution in [2.75, 3.05) is 6.54 Å². The Balaban J connectivity index is 1.75. The van der Waals surface area contributed by atoms with Crippen molar-refractivity contribution >= 4 is 5.91 Å². The summed E-state index contributed by atoms with van der Waals surface area (Å²) in [6.45, 7) is 3.78. The van der Waals surface area contributed by atoms with E-state index in [2.05, 4.69) is 5.32 Å². The summed E-state index contributed by atoms with van der Waals surface area (Å²) in [5.74, 6) is 1.75. The van der Waals surface area contributed by atoms with Crippen LogP contribution in [0, 0.1) is 17.8 Å². The van der Waals surface area contributed by atoms with Crippen LogP contribution in [0.4, 0.5) is 0 Å². The number of amides is 1. The summed E-state index contributed by atoms with van der Waals surface area (Å²) >= 11 is 0. The van der Waals surface area contributed by atoms with Gasteiger partial charge in [0, 0.05) is 12.5 Å². The van der Waals surface area contributed by atoms with Gasteiger partial charge in [-0.1, -0.05) is 6.42 Å². The van der Waals surface area contributed by atoms with Crippen molar-refractivity contribution < 1.29 is 9.90 Å². The molecule has 2 atom stereocenters. The summed E-state index contributed by atoms with van der Waals surface area (Å²) in [6, 6.07) is 0. The Hall–Kier alpha value is -0.570. The molecule has 80 valence electrons. The van der Waals surface area contributed by atoms with Gasteiger partial charge in [-0.15, -0.1) is 0 Å². The SMILES string of the molecule is CC(C)(O)CNC(=O)C1C2CCCC21. The molecule has 0 bridgehead atoms. The Morgan fingerprint density at radius 2 is 2.00 bits per heavy atom. The van der Waals surface area contributed by atoms with E-state index in [-0.39, 0.29) is 11.8 Å². The molecule has 2 N–H and O–H groups in total. The van der Waals surface area contributed by atoms with Crippen LogP contribution in [0.25, 0.3) is 0 Å². The molecule has 3 heteroatoms. The van der Waals surface area contributed by atoms with Crippen molar-refractivity contribution in [3.8, 4) is 0 Å². The van der Waals surface area contributed by atoms with Crippen LogP contribution >= 0.6 is 0 Å². The third-order valence-corrected chi connectivity index (χ3v) is 3.40. The minimum atomic E-state index is -0.792. The first-order valence-corrected chi connectivity index (χ1v) is 5.49. The quantitative estimate of drug-likeness (QED) is 0.707. The summed E-state index contributed by atoms with van der Waals surface area (Å²) in [4.78, 5) is 11.6. The van der Waals surface area contributed by atoms with Crippen molar-refractivity contribution in [3.63, 3.8) is 0 Å². The lowest BCUT2D eigenvalue weighted by atomic mass is 10.1. The molecule has 2 aliphatic carbocycles. The molecule has 2 fully saturated rings. The molecule has 2 unspecified atom stereocenters. The van der Waals surface area contributed by atoms with Crippen molar-refractivity contribution in [1.82, 2.24) is 5.32 Å². The van der Waals surface area contributed by atoms with Gasteiger partial charge in [0.25, 0.3) is 0 Å². The number of hydrogen-bond acceptors (Lipinski definition) is 2. The molecule has 1 amide bonds. The third kappa shape index (κ3) is 1.92. The molecule has 2 saturated carbocycles. The first kappa shape index (κ1) is 9.97. The predicted molar refractivity (Wildman–Crippen MR) is 53.6 cm³/mol. The number of aliphatic hydroxyl groups is 1. The van der Waals surface area contributed by atoms with Crippen LogP contribution in [0.2, 0.25) is 0 Å². The lowest BCUT2D eigenvalue weighted by Crippen LogP contribution is -2.39. The Labute approximate surface area is 84.9 Å². The zero-order valence-corrected chi connectivity index (χ0v) is 8.92. The first-order chi connectivity index (χ1) is 6.49. The van der Waals surface area contributed by atoms with Gasteiger partial charge in [0.15, 0.2) is 0 Å². The normalized spacial score (nSPS) is 35.2. The number of hydrogen-bond donors (Lipinski definition) is 2. The van der Waals surface area contributed by atoms with E-state index >= 15 is 0 Å². The van der Waals surface area contributed by atoms with Gasteiger partial charge in [-0.3, -0.25) is 4.79 Å². The molecule has 0 spiro atoms. The Kier molecular flexibility index (Phi) is 2.30. The van der Waals surface area contributed by atoms with Gasteiger partial charge in [-0.25, -0.2) is 0 Å². The van der Waals surface area contributed by atoms with Crippen molar-refractivity contribution in [2.24, 2.45) is 17.8 Å². The number of carbonyl (C=O) groups excluding carboxylic acids is 1. The summed E-state index contributed by atoms with van der Waals surface area (Å²) in [5, 5.41) is 12.3. The van der Waals surface area contributed by atoms with Crippen molar-refractivity contribution in [3.05, 3.63) is 0 Å². The maximum absolute atomic E-state index is 11.6. The largest absolute Gasteiger partial charge is 0.389 e. The highest BCUT2D eigenvalue weighted by Crippen LogP contribution is 2.57. The molecule has 14 heavy (non-hydrogen) atoms. The maximum atomic E-state index is 11.6. The third-order valence-electron chi connectivity index (χ3n) is 3.40. The van der Waals surface area contributed by atoms with Crippen LogP contribution in [0.15, 0.2) is 0 Å². The first-order valence-electron chi connectivity index (χ1n) is 5.49. The molecular formula is C11H19NO2. The molecule has 0 saturated heterocycles. The number of rotatable bonds is 3. The second-order valence-electron chi connectivity index (χ2n) is 5.31. The van der Waals surface area contributed by atoms with Gasteiger partial charge in [0.05, 0.1) is 5.60 Å². The zero-order chi connectivity index (χ0) is 10.3. The average Bonchev–Trinajstić information content (AvgIpc) is 2.54. The molecular weight excluding hydrogens is 178 g/mol. The molecule has 0 heterocycles. The average molecular weight is 197 g/mol. The smallest absolute Gasteiger partial charge is 0.223 e.